The minimum atomic E-state index is 0.0254. The van der Waals surface area contributed by atoms with Crippen molar-refractivity contribution in [1.82, 2.24) is 9.80 Å². The number of carbonyl (C=O) groups excluding carboxylic acids is 1. The second kappa shape index (κ2) is 9.06. The van der Waals surface area contributed by atoms with Crippen molar-refractivity contribution in [1.29, 1.82) is 0 Å². The van der Waals surface area contributed by atoms with Crippen molar-refractivity contribution >= 4 is 17.5 Å². The summed E-state index contributed by atoms with van der Waals surface area (Å²) in [5, 5.41) is 0.689. The lowest BCUT2D eigenvalue weighted by molar-refractivity contribution is 0.0782. The van der Waals surface area contributed by atoms with Crippen LogP contribution < -0.4 is 4.74 Å². The topological polar surface area (TPSA) is 32.8 Å². The van der Waals surface area contributed by atoms with Crippen molar-refractivity contribution in [2.24, 2.45) is 0 Å². The SMILES string of the molecule is CN(CCN1CCCC1)C(=O)c1cccc(OCc2cccc(Cl)c2)c1. The quantitative estimate of drug-likeness (QED) is 0.734. The zero-order valence-electron chi connectivity index (χ0n) is 15.2. The summed E-state index contributed by atoms with van der Waals surface area (Å²) < 4.78 is 5.82. The molecule has 5 heteroatoms. The molecule has 2 aromatic carbocycles. The molecule has 0 aromatic heterocycles. The maximum absolute atomic E-state index is 12.7. The van der Waals surface area contributed by atoms with E-state index in [4.69, 9.17) is 16.3 Å². The fourth-order valence-electron chi connectivity index (χ4n) is 3.13. The molecule has 0 saturated carbocycles. The third-order valence-corrected chi connectivity index (χ3v) is 4.91. The monoisotopic (exact) mass is 372 g/mol. The molecule has 26 heavy (non-hydrogen) atoms. The van der Waals surface area contributed by atoms with E-state index in [1.807, 2.05) is 49.5 Å². The molecule has 1 saturated heterocycles. The van der Waals surface area contributed by atoms with Crippen molar-refractivity contribution in [3.05, 3.63) is 64.7 Å². The molecule has 0 spiro atoms. The molecule has 0 bridgehead atoms. The van der Waals surface area contributed by atoms with Crippen LogP contribution in [0.15, 0.2) is 48.5 Å². The van der Waals surface area contributed by atoms with Crippen LogP contribution in [0.4, 0.5) is 0 Å². The van der Waals surface area contributed by atoms with Gasteiger partial charge in [-0.2, -0.15) is 0 Å². The van der Waals surface area contributed by atoms with Gasteiger partial charge in [-0.3, -0.25) is 4.79 Å². The highest BCUT2D eigenvalue weighted by Crippen LogP contribution is 2.18. The molecular formula is C21H25ClN2O2. The Kier molecular flexibility index (Phi) is 6.53. The van der Waals surface area contributed by atoms with Crippen LogP contribution in [0.2, 0.25) is 5.02 Å². The van der Waals surface area contributed by atoms with Crippen molar-refractivity contribution < 1.29 is 9.53 Å². The summed E-state index contributed by atoms with van der Waals surface area (Å²) in [7, 11) is 1.86. The molecule has 1 fully saturated rings. The van der Waals surface area contributed by atoms with E-state index in [1.54, 1.807) is 11.0 Å². The Morgan fingerprint density at radius 3 is 2.69 bits per heavy atom. The summed E-state index contributed by atoms with van der Waals surface area (Å²) >= 11 is 6.00. The minimum absolute atomic E-state index is 0.0254. The zero-order chi connectivity index (χ0) is 18.4. The van der Waals surface area contributed by atoms with E-state index < -0.39 is 0 Å². The maximum Gasteiger partial charge on any atom is 0.253 e. The van der Waals surface area contributed by atoms with Gasteiger partial charge in [-0.05, 0) is 61.8 Å². The van der Waals surface area contributed by atoms with Crippen LogP contribution in [-0.4, -0.2) is 48.9 Å². The molecule has 3 rings (SSSR count). The standard InChI is InChI=1S/C21H25ClN2O2/c1-23(12-13-24-10-2-3-11-24)21(25)18-7-5-9-20(15-18)26-16-17-6-4-8-19(22)14-17/h4-9,14-15H,2-3,10-13,16H2,1H3. The molecule has 0 aliphatic carbocycles. The van der Waals surface area contributed by atoms with Crippen molar-refractivity contribution in [3.8, 4) is 5.75 Å². The zero-order valence-corrected chi connectivity index (χ0v) is 15.9. The highest BCUT2D eigenvalue weighted by atomic mass is 35.5. The highest BCUT2D eigenvalue weighted by Gasteiger charge is 2.16. The van der Waals surface area contributed by atoms with Gasteiger partial charge in [0.05, 0.1) is 0 Å². The molecule has 1 aliphatic heterocycles. The van der Waals surface area contributed by atoms with Gasteiger partial charge >= 0.3 is 0 Å². The average molecular weight is 373 g/mol. The number of benzene rings is 2. The van der Waals surface area contributed by atoms with Crippen LogP contribution >= 0.6 is 11.6 Å². The van der Waals surface area contributed by atoms with E-state index in [0.717, 1.165) is 31.7 Å². The summed E-state index contributed by atoms with van der Waals surface area (Å²) in [6.07, 6.45) is 2.54. The summed E-state index contributed by atoms with van der Waals surface area (Å²) in [6.45, 7) is 4.40. The van der Waals surface area contributed by atoms with Gasteiger partial charge in [0.2, 0.25) is 0 Å². The van der Waals surface area contributed by atoms with Crippen LogP contribution in [0.25, 0.3) is 0 Å². The van der Waals surface area contributed by atoms with Gasteiger partial charge in [-0.1, -0.05) is 29.8 Å². The Hall–Kier alpha value is -2.04. The molecule has 1 amide bonds. The predicted molar refractivity (Wildman–Crippen MR) is 105 cm³/mol. The largest absolute Gasteiger partial charge is 0.489 e. The lowest BCUT2D eigenvalue weighted by Crippen LogP contribution is -2.35. The summed E-state index contributed by atoms with van der Waals surface area (Å²) in [5.41, 5.74) is 1.65. The average Bonchev–Trinajstić information content (AvgIpc) is 3.18. The number of carbonyl (C=O) groups is 1. The van der Waals surface area contributed by atoms with E-state index in [1.165, 1.54) is 12.8 Å². The van der Waals surface area contributed by atoms with Crippen LogP contribution in [0.3, 0.4) is 0 Å². The van der Waals surface area contributed by atoms with E-state index >= 15 is 0 Å². The Balaban J connectivity index is 1.56. The van der Waals surface area contributed by atoms with Gasteiger partial charge in [0, 0.05) is 30.7 Å². The number of likely N-dealkylation sites (tertiary alicyclic amines) is 1. The summed E-state index contributed by atoms with van der Waals surface area (Å²) in [6, 6.07) is 14.9. The van der Waals surface area contributed by atoms with E-state index in [2.05, 4.69) is 4.90 Å². The number of hydrogen-bond acceptors (Lipinski definition) is 3. The molecular weight excluding hydrogens is 348 g/mol. The number of nitrogens with zero attached hydrogens (tertiary/aromatic N) is 2. The van der Waals surface area contributed by atoms with Crippen LogP contribution in [0.1, 0.15) is 28.8 Å². The van der Waals surface area contributed by atoms with Crippen LogP contribution in [0, 0.1) is 0 Å². The van der Waals surface area contributed by atoms with Gasteiger partial charge in [-0.25, -0.2) is 0 Å². The van der Waals surface area contributed by atoms with Crippen molar-refractivity contribution in [2.45, 2.75) is 19.4 Å². The highest BCUT2D eigenvalue weighted by molar-refractivity contribution is 6.30. The first-order valence-corrected chi connectivity index (χ1v) is 9.45. The molecule has 0 radical (unpaired) electrons. The predicted octanol–water partition coefficient (Wildman–Crippen LogP) is 4.09. The summed E-state index contributed by atoms with van der Waals surface area (Å²) in [5.74, 6) is 0.709. The van der Waals surface area contributed by atoms with Crippen molar-refractivity contribution in [3.63, 3.8) is 0 Å². The molecule has 0 atom stereocenters. The normalized spacial score (nSPS) is 14.4. The van der Waals surface area contributed by atoms with E-state index in [9.17, 15) is 4.79 Å². The lowest BCUT2D eigenvalue weighted by Gasteiger charge is -2.21. The number of ether oxygens (including phenoxy) is 1. The fraction of sp³-hybridized carbons (Fsp3) is 0.381. The van der Waals surface area contributed by atoms with Gasteiger partial charge in [0.25, 0.3) is 5.91 Å². The smallest absolute Gasteiger partial charge is 0.253 e. The first-order chi connectivity index (χ1) is 12.6. The first-order valence-electron chi connectivity index (χ1n) is 9.07. The number of likely N-dealkylation sites (N-methyl/N-ethyl adjacent to an activating group) is 1. The van der Waals surface area contributed by atoms with Gasteiger partial charge in [0.1, 0.15) is 12.4 Å². The molecule has 138 valence electrons. The fourth-order valence-corrected chi connectivity index (χ4v) is 3.34. The van der Waals surface area contributed by atoms with Crippen LogP contribution in [-0.2, 0) is 6.61 Å². The number of rotatable bonds is 7. The number of hydrogen-bond donors (Lipinski definition) is 0. The third kappa shape index (κ3) is 5.23. The first kappa shape index (κ1) is 18.7. The Morgan fingerprint density at radius 2 is 1.92 bits per heavy atom. The van der Waals surface area contributed by atoms with E-state index in [-0.39, 0.29) is 5.91 Å². The van der Waals surface area contributed by atoms with E-state index in [0.29, 0.717) is 22.9 Å². The number of amides is 1. The Labute approximate surface area is 160 Å². The van der Waals surface area contributed by atoms with Gasteiger partial charge in [0.15, 0.2) is 0 Å². The Bertz CT molecular complexity index is 744. The maximum atomic E-state index is 12.7. The lowest BCUT2D eigenvalue weighted by atomic mass is 10.2. The molecule has 0 unspecified atom stereocenters. The summed E-state index contributed by atoms with van der Waals surface area (Å²) in [4.78, 5) is 16.9. The molecule has 1 heterocycles. The van der Waals surface area contributed by atoms with Gasteiger partial charge < -0.3 is 14.5 Å². The minimum Gasteiger partial charge on any atom is -0.489 e. The molecule has 1 aliphatic rings. The third-order valence-electron chi connectivity index (χ3n) is 4.67. The van der Waals surface area contributed by atoms with Gasteiger partial charge in [-0.15, -0.1) is 0 Å². The van der Waals surface area contributed by atoms with Crippen molar-refractivity contribution in [2.75, 3.05) is 33.2 Å². The molecule has 2 aromatic rings. The molecule has 4 nitrogen and oxygen atoms in total. The number of halogens is 1. The molecule has 0 N–H and O–H groups in total. The van der Waals surface area contributed by atoms with Crippen LogP contribution in [0.5, 0.6) is 5.75 Å². The second-order valence-corrected chi connectivity index (χ2v) is 7.16. The second-order valence-electron chi connectivity index (χ2n) is 6.72. The Morgan fingerprint density at radius 1 is 1.15 bits per heavy atom.